The predicted molar refractivity (Wildman–Crippen MR) is 64.0 cm³/mol. The number of nitrogens with zero attached hydrogens (tertiary/aromatic N) is 1. The maximum atomic E-state index is 5.34. The Labute approximate surface area is 98.4 Å². The van der Waals surface area contributed by atoms with Crippen LogP contribution in [0.2, 0.25) is 0 Å². The summed E-state index contributed by atoms with van der Waals surface area (Å²) in [6, 6.07) is 4.40. The van der Waals surface area contributed by atoms with Gasteiger partial charge in [0.25, 0.3) is 0 Å². The largest absolute Gasteiger partial charge is 0.381 e. The number of methoxy groups -OCH3 is 1. The molecule has 82 valence electrons. The summed E-state index contributed by atoms with van der Waals surface area (Å²) >= 11 is 3.48. The number of anilines is 1. The fourth-order valence-corrected chi connectivity index (χ4v) is 2.34. The third kappa shape index (κ3) is 2.69. The predicted octanol–water partition coefficient (Wildman–Crippen LogP) is 2.82. The van der Waals surface area contributed by atoms with Crippen LogP contribution in [0.15, 0.2) is 22.8 Å². The van der Waals surface area contributed by atoms with Gasteiger partial charge < -0.3 is 10.1 Å². The number of pyridine rings is 1. The molecule has 0 aliphatic heterocycles. The molecular formula is C11H15BrN2O. The van der Waals surface area contributed by atoms with Gasteiger partial charge in [0.2, 0.25) is 0 Å². The summed E-state index contributed by atoms with van der Waals surface area (Å²) in [7, 11) is 1.78. The van der Waals surface area contributed by atoms with E-state index in [1.54, 1.807) is 13.3 Å². The summed E-state index contributed by atoms with van der Waals surface area (Å²) in [6.45, 7) is 0. The molecule has 1 aromatic rings. The molecule has 0 radical (unpaired) electrons. The molecule has 2 rings (SSSR count). The fourth-order valence-electron chi connectivity index (χ4n) is 1.97. The van der Waals surface area contributed by atoms with E-state index in [1.165, 1.54) is 0 Å². The van der Waals surface area contributed by atoms with Gasteiger partial charge in [-0.25, -0.2) is 4.98 Å². The van der Waals surface area contributed by atoms with Crippen LogP contribution in [0.5, 0.6) is 0 Å². The highest BCUT2D eigenvalue weighted by atomic mass is 79.9. The Morgan fingerprint density at radius 2 is 2.40 bits per heavy atom. The van der Waals surface area contributed by atoms with Crippen LogP contribution in [0.4, 0.5) is 5.82 Å². The highest BCUT2D eigenvalue weighted by Gasteiger charge is 2.24. The van der Waals surface area contributed by atoms with Crippen LogP contribution in [0.25, 0.3) is 0 Å². The molecule has 1 saturated carbocycles. The number of hydrogen-bond donors (Lipinski definition) is 1. The number of ether oxygens (including phenoxy) is 1. The Kier molecular flexibility index (Phi) is 3.59. The van der Waals surface area contributed by atoms with Crippen molar-refractivity contribution in [1.29, 1.82) is 0 Å². The lowest BCUT2D eigenvalue weighted by atomic mass is 10.2. The normalized spacial score (nSPS) is 25.5. The minimum absolute atomic E-state index is 0.407. The van der Waals surface area contributed by atoms with E-state index < -0.39 is 0 Å². The second-order valence-corrected chi connectivity index (χ2v) is 4.70. The first-order chi connectivity index (χ1) is 7.29. The van der Waals surface area contributed by atoms with Crippen LogP contribution >= 0.6 is 15.9 Å². The number of hydrogen-bond acceptors (Lipinski definition) is 3. The molecule has 1 aliphatic rings. The summed E-state index contributed by atoms with van der Waals surface area (Å²) in [4.78, 5) is 4.29. The van der Waals surface area contributed by atoms with Crippen LogP contribution < -0.4 is 5.32 Å². The summed E-state index contributed by atoms with van der Waals surface area (Å²) in [6.07, 6.45) is 5.57. The molecule has 3 nitrogen and oxygen atoms in total. The van der Waals surface area contributed by atoms with Gasteiger partial charge in [0.1, 0.15) is 5.82 Å². The first-order valence-corrected chi connectivity index (χ1v) is 5.98. The highest BCUT2D eigenvalue weighted by Crippen LogP contribution is 2.26. The zero-order valence-electron chi connectivity index (χ0n) is 8.74. The van der Waals surface area contributed by atoms with Gasteiger partial charge in [0.05, 0.1) is 10.6 Å². The van der Waals surface area contributed by atoms with E-state index in [9.17, 15) is 0 Å². The van der Waals surface area contributed by atoms with Gasteiger partial charge in [0, 0.05) is 19.3 Å². The first-order valence-electron chi connectivity index (χ1n) is 5.19. The minimum Gasteiger partial charge on any atom is -0.381 e. The molecule has 4 heteroatoms. The van der Waals surface area contributed by atoms with Gasteiger partial charge in [-0.15, -0.1) is 0 Å². The van der Waals surface area contributed by atoms with Crippen molar-refractivity contribution in [1.82, 2.24) is 4.98 Å². The molecule has 15 heavy (non-hydrogen) atoms. The average molecular weight is 271 g/mol. The van der Waals surface area contributed by atoms with Gasteiger partial charge in [-0.2, -0.15) is 0 Å². The first kappa shape index (κ1) is 10.9. The summed E-state index contributed by atoms with van der Waals surface area (Å²) < 4.78 is 6.36. The van der Waals surface area contributed by atoms with Gasteiger partial charge in [-0.05, 0) is 47.3 Å². The van der Waals surface area contributed by atoms with Gasteiger partial charge in [-0.1, -0.05) is 0 Å². The van der Waals surface area contributed by atoms with E-state index in [0.717, 1.165) is 29.6 Å². The fraction of sp³-hybridized carbons (Fsp3) is 0.545. The molecule has 0 bridgehead atoms. The van der Waals surface area contributed by atoms with Crippen molar-refractivity contribution in [3.05, 3.63) is 22.8 Å². The van der Waals surface area contributed by atoms with Crippen molar-refractivity contribution in [3.8, 4) is 0 Å². The van der Waals surface area contributed by atoms with Crippen molar-refractivity contribution in [2.45, 2.75) is 31.4 Å². The molecule has 2 unspecified atom stereocenters. The van der Waals surface area contributed by atoms with Crippen molar-refractivity contribution in [2.24, 2.45) is 0 Å². The lowest BCUT2D eigenvalue weighted by Gasteiger charge is -2.14. The average Bonchev–Trinajstić information content (AvgIpc) is 2.69. The van der Waals surface area contributed by atoms with Gasteiger partial charge >= 0.3 is 0 Å². The third-order valence-corrected chi connectivity index (χ3v) is 3.46. The standard InChI is InChI=1S/C11H15BrN2O/c1-15-9-5-4-8(7-9)14-11-10(12)3-2-6-13-11/h2-3,6,8-9H,4-5,7H2,1H3,(H,13,14). The second-order valence-electron chi connectivity index (χ2n) is 3.85. The minimum atomic E-state index is 0.407. The molecule has 1 aliphatic carbocycles. The van der Waals surface area contributed by atoms with Crippen LogP contribution in [-0.2, 0) is 4.74 Å². The Bertz CT molecular complexity index is 332. The molecule has 2 atom stereocenters. The van der Waals surface area contributed by atoms with Crippen molar-refractivity contribution >= 4 is 21.7 Å². The van der Waals surface area contributed by atoms with Crippen LogP contribution in [0.3, 0.4) is 0 Å². The third-order valence-electron chi connectivity index (χ3n) is 2.82. The Balaban J connectivity index is 1.96. The van der Waals surface area contributed by atoms with Crippen molar-refractivity contribution < 1.29 is 4.74 Å². The number of rotatable bonds is 3. The zero-order chi connectivity index (χ0) is 10.7. The summed E-state index contributed by atoms with van der Waals surface area (Å²) in [5.41, 5.74) is 0. The van der Waals surface area contributed by atoms with Crippen LogP contribution in [0, 0.1) is 0 Å². The van der Waals surface area contributed by atoms with Crippen LogP contribution in [-0.4, -0.2) is 24.2 Å². The Morgan fingerprint density at radius 3 is 3.07 bits per heavy atom. The zero-order valence-corrected chi connectivity index (χ0v) is 10.3. The maximum Gasteiger partial charge on any atom is 0.140 e. The monoisotopic (exact) mass is 270 g/mol. The van der Waals surface area contributed by atoms with Gasteiger partial charge in [-0.3, -0.25) is 0 Å². The molecule has 1 heterocycles. The molecule has 0 saturated heterocycles. The van der Waals surface area contributed by atoms with E-state index in [1.807, 2.05) is 12.1 Å². The highest BCUT2D eigenvalue weighted by molar-refractivity contribution is 9.10. The molecule has 1 aromatic heterocycles. The van der Waals surface area contributed by atoms with E-state index in [0.29, 0.717) is 12.1 Å². The molecular weight excluding hydrogens is 256 g/mol. The number of aromatic nitrogens is 1. The van der Waals surface area contributed by atoms with Crippen molar-refractivity contribution in [3.63, 3.8) is 0 Å². The van der Waals surface area contributed by atoms with E-state index >= 15 is 0 Å². The molecule has 1 fully saturated rings. The topological polar surface area (TPSA) is 34.1 Å². The quantitative estimate of drug-likeness (QED) is 0.917. The SMILES string of the molecule is COC1CCC(Nc2ncccc2Br)C1. The second kappa shape index (κ2) is 4.94. The molecule has 0 aromatic carbocycles. The number of nitrogens with one attached hydrogen (secondary N) is 1. The summed E-state index contributed by atoms with van der Waals surface area (Å²) in [5, 5.41) is 3.44. The Morgan fingerprint density at radius 1 is 1.53 bits per heavy atom. The molecule has 1 N–H and O–H groups in total. The smallest absolute Gasteiger partial charge is 0.140 e. The lowest BCUT2D eigenvalue weighted by molar-refractivity contribution is 0.108. The van der Waals surface area contributed by atoms with E-state index in [2.05, 4.69) is 26.2 Å². The van der Waals surface area contributed by atoms with Crippen LogP contribution in [0.1, 0.15) is 19.3 Å². The molecule has 0 spiro atoms. The lowest BCUT2D eigenvalue weighted by Crippen LogP contribution is -2.18. The van der Waals surface area contributed by atoms with Gasteiger partial charge in [0.15, 0.2) is 0 Å². The number of halogens is 1. The summed E-state index contributed by atoms with van der Waals surface area (Å²) in [5.74, 6) is 0.930. The Hall–Kier alpha value is -0.610. The van der Waals surface area contributed by atoms with E-state index in [-0.39, 0.29) is 0 Å². The molecule has 0 amide bonds. The maximum absolute atomic E-state index is 5.34. The van der Waals surface area contributed by atoms with E-state index in [4.69, 9.17) is 4.74 Å². The van der Waals surface area contributed by atoms with Crippen molar-refractivity contribution in [2.75, 3.05) is 12.4 Å².